The molecular weight excluding hydrogens is 320 g/mol. The van der Waals surface area contributed by atoms with E-state index in [4.69, 9.17) is 4.98 Å². The first-order valence-electron chi connectivity index (χ1n) is 9.14. The summed E-state index contributed by atoms with van der Waals surface area (Å²) in [6, 6.07) is 19.3. The smallest absolute Gasteiger partial charge is 0.225 e. The van der Waals surface area contributed by atoms with Gasteiger partial charge in [-0.25, -0.2) is 4.98 Å². The molecule has 0 saturated heterocycles. The number of benzene rings is 2. The Hall–Kier alpha value is -2.88. The van der Waals surface area contributed by atoms with Gasteiger partial charge in [-0.15, -0.1) is 0 Å². The molecule has 1 aliphatic heterocycles. The molecule has 0 spiro atoms. The molecule has 0 fully saturated rings. The predicted molar refractivity (Wildman–Crippen MR) is 106 cm³/mol. The average molecular weight is 344 g/mol. The van der Waals surface area contributed by atoms with Crippen LogP contribution in [0.3, 0.4) is 0 Å². The van der Waals surface area contributed by atoms with Crippen molar-refractivity contribution >= 4 is 11.8 Å². The Balaban J connectivity index is 1.51. The second kappa shape index (κ2) is 7.16. The number of anilines is 2. The highest BCUT2D eigenvalue weighted by molar-refractivity contribution is 5.48. The van der Waals surface area contributed by atoms with Gasteiger partial charge in [-0.2, -0.15) is 4.98 Å². The fourth-order valence-corrected chi connectivity index (χ4v) is 3.49. The van der Waals surface area contributed by atoms with Gasteiger partial charge in [-0.3, -0.25) is 0 Å². The van der Waals surface area contributed by atoms with E-state index in [9.17, 15) is 0 Å². The van der Waals surface area contributed by atoms with Crippen LogP contribution in [0.25, 0.3) is 0 Å². The van der Waals surface area contributed by atoms with Gasteiger partial charge >= 0.3 is 0 Å². The van der Waals surface area contributed by atoms with Gasteiger partial charge in [0.25, 0.3) is 0 Å². The second-order valence-electron chi connectivity index (χ2n) is 6.97. The molecule has 3 aromatic rings. The molecule has 1 N–H and O–H groups in total. The number of nitrogens with zero attached hydrogens (tertiary/aromatic N) is 3. The molecular formula is C22H24N4. The maximum absolute atomic E-state index is 4.77. The van der Waals surface area contributed by atoms with Gasteiger partial charge in [0.15, 0.2) is 0 Å². The summed E-state index contributed by atoms with van der Waals surface area (Å²) in [6.45, 7) is 6.77. The summed E-state index contributed by atoms with van der Waals surface area (Å²) in [7, 11) is 0. The minimum absolute atomic E-state index is 0.695. The number of aryl methyl sites for hydroxylation is 2. The van der Waals surface area contributed by atoms with Gasteiger partial charge in [0.2, 0.25) is 5.95 Å². The molecule has 0 radical (unpaired) electrons. The molecule has 132 valence electrons. The minimum atomic E-state index is 0.695. The summed E-state index contributed by atoms with van der Waals surface area (Å²) < 4.78 is 0. The second-order valence-corrected chi connectivity index (χ2v) is 6.97. The average Bonchev–Trinajstić information content (AvgIpc) is 2.66. The van der Waals surface area contributed by atoms with Gasteiger partial charge in [-0.05, 0) is 37.0 Å². The Morgan fingerprint density at radius 1 is 0.962 bits per heavy atom. The lowest BCUT2D eigenvalue weighted by atomic mass is 10.00. The maximum Gasteiger partial charge on any atom is 0.225 e. The maximum atomic E-state index is 4.77. The third kappa shape index (κ3) is 3.69. The van der Waals surface area contributed by atoms with Crippen molar-refractivity contribution in [1.82, 2.24) is 9.97 Å². The van der Waals surface area contributed by atoms with Crippen molar-refractivity contribution in [2.45, 2.75) is 33.4 Å². The number of aromatic nitrogens is 2. The predicted octanol–water partition coefficient (Wildman–Crippen LogP) is 4.27. The molecule has 1 aromatic heterocycles. The molecule has 1 aliphatic rings. The molecule has 0 saturated carbocycles. The normalized spacial score (nSPS) is 13.4. The molecule has 4 heteroatoms. The van der Waals surface area contributed by atoms with E-state index in [1.165, 1.54) is 22.3 Å². The van der Waals surface area contributed by atoms with Gasteiger partial charge < -0.3 is 10.2 Å². The van der Waals surface area contributed by atoms with Crippen molar-refractivity contribution in [3.63, 3.8) is 0 Å². The summed E-state index contributed by atoms with van der Waals surface area (Å²) in [5.41, 5.74) is 6.34. The third-order valence-corrected chi connectivity index (χ3v) is 4.83. The molecule has 4 rings (SSSR count). The van der Waals surface area contributed by atoms with Crippen molar-refractivity contribution in [1.29, 1.82) is 0 Å². The van der Waals surface area contributed by atoms with Crippen LogP contribution in [-0.4, -0.2) is 16.5 Å². The summed E-state index contributed by atoms with van der Waals surface area (Å²) in [4.78, 5) is 11.7. The Morgan fingerprint density at radius 3 is 2.65 bits per heavy atom. The van der Waals surface area contributed by atoms with Crippen LogP contribution < -0.4 is 10.2 Å². The lowest BCUT2D eigenvalue weighted by molar-refractivity contribution is 0.718. The number of fused-ring (bicyclic) bond motifs is 1. The topological polar surface area (TPSA) is 41.1 Å². The quantitative estimate of drug-likeness (QED) is 0.767. The monoisotopic (exact) mass is 344 g/mol. The van der Waals surface area contributed by atoms with Crippen LogP contribution in [0.2, 0.25) is 0 Å². The minimum Gasteiger partial charge on any atom is -0.352 e. The summed E-state index contributed by atoms with van der Waals surface area (Å²) in [5, 5.41) is 3.38. The Labute approximate surface area is 154 Å². The zero-order valence-electron chi connectivity index (χ0n) is 15.4. The standard InChI is InChI=1S/C22H24N4/c1-16-6-5-7-18(12-16)14-23-22-24-17(2)13-21(25-22)26-11-10-19-8-3-4-9-20(19)15-26/h3-9,12-13H,10-11,14-15H2,1-2H3,(H,23,24,25). The van der Waals surface area contributed by atoms with E-state index < -0.39 is 0 Å². The highest BCUT2D eigenvalue weighted by atomic mass is 15.2. The molecule has 26 heavy (non-hydrogen) atoms. The van der Waals surface area contributed by atoms with E-state index >= 15 is 0 Å². The number of nitrogens with one attached hydrogen (secondary N) is 1. The van der Waals surface area contributed by atoms with Crippen molar-refractivity contribution < 1.29 is 0 Å². The van der Waals surface area contributed by atoms with Crippen molar-refractivity contribution in [2.24, 2.45) is 0 Å². The number of rotatable bonds is 4. The van der Waals surface area contributed by atoms with Crippen LogP contribution >= 0.6 is 0 Å². The molecule has 0 bridgehead atoms. The third-order valence-electron chi connectivity index (χ3n) is 4.83. The van der Waals surface area contributed by atoms with Crippen molar-refractivity contribution in [3.8, 4) is 0 Å². The number of hydrogen-bond acceptors (Lipinski definition) is 4. The van der Waals surface area contributed by atoms with E-state index in [0.717, 1.165) is 37.6 Å². The lowest BCUT2D eigenvalue weighted by Gasteiger charge is -2.30. The zero-order chi connectivity index (χ0) is 17.9. The SMILES string of the molecule is Cc1cccc(CNc2nc(C)cc(N3CCc4ccccc4C3)n2)c1. The first kappa shape index (κ1) is 16.6. The Kier molecular flexibility index (Phi) is 4.57. The summed E-state index contributed by atoms with van der Waals surface area (Å²) >= 11 is 0. The summed E-state index contributed by atoms with van der Waals surface area (Å²) in [5.74, 6) is 1.69. The molecule has 2 heterocycles. The van der Waals surface area contributed by atoms with Crippen LogP contribution in [0.15, 0.2) is 54.6 Å². The molecule has 0 atom stereocenters. The Morgan fingerprint density at radius 2 is 1.81 bits per heavy atom. The highest BCUT2D eigenvalue weighted by Gasteiger charge is 2.18. The first-order valence-corrected chi connectivity index (χ1v) is 9.14. The molecule has 0 aliphatic carbocycles. The van der Waals surface area contributed by atoms with E-state index in [1.54, 1.807) is 0 Å². The largest absolute Gasteiger partial charge is 0.352 e. The first-order chi connectivity index (χ1) is 12.7. The van der Waals surface area contributed by atoms with E-state index in [1.807, 2.05) is 6.92 Å². The Bertz CT molecular complexity index is 920. The fourth-order valence-electron chi connectivity index (χ4n) is 3.49. The highest BCUT2D eigenvalue weighted by Crippen LogP contribution is 2.24. The van der Waals surface area contributed by atoms with Gasteiger partial charge in [0.05, 0.1) is 0 Å². The summed E-state index contributed by atoms with van der Waals surface area (Å²) in [6.07, 6.45) is 1.06. The zero-order valence-corrected chi connectivity index (χ0v) is 15.4. The van der Waals surface area contributed by atoms with Crippen LogP contribution in [-0.2, 0) is 19.5 Å². The van der Waals surface area contributed by atoms with E-state index in [0.29, 0.717) is 5.95 Å². The molecule has 2 aromatic carbocycles. The van der Waals surface area contributed by atoms with E-state index in [-0.39, 0.29) is 0 Å². The van der Waals surface area contributed by atoms with Crippen LogP contribution in [0.4, 0.5) is 11.8 Å². The molecule has 0 amide bonds. The molecule has 0 unspecified atom stereocenters. The van der Waals surface area contributed by atoms with Gasteiger partial charge in [0.1, 0.15) is 5.82 Å². The van der Waals surface area contributed by atoms with Gasteiger partial charge in [-0.1, -0.05) is 54.1 Å². The molecule has 4 nitrogen and oxygen atoms in total. The van der Waals surface area contributed by atoms with Crippen LogP contribution in [0.1, 0.15) is 27.9 Å². The van der Waals surface area contributed by atoms with E-state index in [2.05, 4.69) is 76.7 Å². The number of hydrogen-bond donors (Lipinski definition) is 1. The van der Waals surface area contributed by atoms with Crippen molar-refractivity contribution in [2.75, 3.05) is 16.8 Å². The lowest BCUT2D eigenvalue weighted by Crippen LogP contribution is -2.31. The van der Waals surface area contributed by atoms with Gasteiger partial charge in [0, 0.05) is 31.4 Å². The van der Waals surface area contributed by atoms with Crippen LogP contribution in [0.5, 0.6) is 0 Å². The van der Waals surface area contributed by atoms with Crippen LogP contribution in [0, 0.1) is 13.8 Å². The van der Waals surface area contributed by atoms with Crippen molar-refractivity contribution in [3.05, 3.63) is 82.5 Å². The fraction of sp³-hybridized carbons (Fsp3) is 0.273.